The quantitative estimate of drug-likeness (QED) is 0.465. The van der Waals surface area contributed by atoms with E-state index in [4.69, 9.17) is 0 Å². The number of hydrogen-bond donors (Lipinski definition) is 2. The van der Waals surface area contributed by atoms with Gasteiger partial charge in [0.2, 0.25) is 0 Å². The van der Waals surface area contributed by atoms with Crippen molar-refractivity contribution >= 4 is 0 Å². The first-order valence-electron chi connectivity index (χ1n) is 9.98. The molecule has 0 unspecified atom stereocenters. The van der Waals surface area contributed by atoms with Gasteiger partial charge < -0.3 is 10.2 Å². The number of aromatic nitrogens is 2. The van der Waals surface area contributed by atoms with E-state index in [0.29, 0.717) is 0 Å². The number of aromatic amines is 1. The maximum Gasteiger partial charge on any atom is 0.0962 e. The lowest BCUT2D eigenvalue weighted by molar-refractivity contribution is 0.302. The first-order valence-corrected chi connectivity index (χ1v) is 9.98. The van der Waals surface area contributed by atoms with Crippen LogP contribution in [0.2, 0.25) is 0 Å². The fourth-order valence-electron chi connectivity index (χ4n) is 3.90. The van der Waals surface area contributed by atoms with Crippen LogP contribution in [0.15, 0.2) is 48.5 Å². The van der Waals surface area contributed by atoms with Crippen molar-refractivity contribution in [3.05, 3.63) is 65.2 Å². The van der Waals surface area contributed by atoms with Gasteiger partial charge >= 0.3 is 0 Å². The van der Waals surface area contributed by atoms with Gasteiger partial charge in [-0.15, -0.1) is 0 Å². The van der Waals surface area contributed by atoms with Gasteiger partial charge in [0.25, 0.3) is 0 Å². The summed E-state index contributed by atoms with van der Waals surface area (Å²) in [4.78, 5) is 2.44. The summed E-state index contributed by atoms with van der Waals surface area (Å²) in [6.45, 7) is 9.69. The Morgan fingerprint density at radius 2 is 1.81 bits per heavy atom. The Morgan fingerprint density at radius 3 is 2.59 bits per heavy atom. The second-order valence-electron chi connectivity index (χ2n) is 7.16. The fourth-order valence-corrected chi connectivity index (χ4v) is 3.90. The van der Waals surface area contributed by atoms with E-state index >= 15 is 0 Å². The molecule has 2 aromatic carbocycles. The first kappa shape index (κ1) is 18.0. The molecule has 27 heavy (non-hydrogen) atoms. The molecule has 1 aliphatic rings. The molecule has 0 fully saturated rings. The molecule has 0 bridgehead atoms. The summed E-state index contributed by atoms with van der Waals surface area (Å²) in [7, 11) is 0. The number of rotatable bonds is 8. The maximum atomic E-state index is 4.60. The zero-order chi connectivity index (χ0) is 18.6. The van der Waals surface area contributed by atoms with Crippen molar-refractivity contribution in [3.8, 4) is 22.5 Å². The molecule has 0 atom stereocenters. The number of hydrogen-bond acceptors (Lipinski definition) is 3. The highest BCUT2D eigenvalue weighted by molar-refractivity contribution is 5.80. The number of fused-ring (bicyclic) bond motifs is 3. The van der Waals surface area contributed by atoms with Gasteiger partial charge in [-0.2, -0.15) is 5.10 Å². The predicted molar refractivity (Wildman–Crippen MR) is 112 cm³/mol. The highest BCUT2D eigenvalue weighted by Gasteiger charge is 2.24. The molecule has 3 aromatic rings. The van der Waals surface area contributed by atoms with E-state index in [-0.39, 0.29) is 0 Å². The van der Waals surface area contributed by atoms with Crippen molar-refractivity contribution < 1.29 is 0 Å². The van der Waals surface area contributed by atoms with Crippen LogP contribution < -0.4 is 5.32 Å². The molecular weight excluding hydrogens is 332 g/mol. The van der Waals surface area contributed by atoms with Crippen LogP contribution >= 0.6 is 0 Å². The second-order valence-corrected chi connectivity index (χ2v) is 7.16. The van der Waals surface area contributed by atoms with Gasteiger partial charge in [0.05, 0.1) is 11.4 Å². The van der Waals surface area contributed by atoms with E-state index in [0.717, 1.165) is 44.8 Å². The molecule has 0 saturated heterocycles. The highest BCUT2D eigenvalue weighted by Crippen LogP contribution is 2.39. The lowest BCUT2D eigenvalue weighted by Crippen LogP contribution is -2.31. The Bertz CT molecular complexity index is 891. The van der Waals surface area contributed by atoms with E-state index in [2.05, 4.69) is 82.8 Å². The van der Waals surface area contributed by atoms with Crippen LogP contribution in [0.4, 0.5) is 0 Å². The molecule has 0 amide bonds. The molecule has 0 radical (unpaired) electrons. The SMILES string of the molecule is CCN(CC)CCNCc1ccc(-c2n[nH]c3c2Cc2ccccc2-3)cc1. The molecule has 4 heteroatoms. The van der Waals surface area contributed by atoms with Gasteiger partial charge in [0, 0.05) is 42.7 Å². The van der Waals surface area contributed by atoms with Crippen molar-refractivity contribution in [3.63, 3.8) is 0 Å². The minimum absolute atomic E-state index is 0.908. The zero-order valence-corrected chi connectivity index (χ0v) is 16.3. The van der Waals surface area contributed by atoms with Gasteiger partial charge in [-0.1, -0.05) is 62.4 Å². The molecule has 4 rings (SSSR count). The van der Waals surface area contributed by atoms with Crippen molar-refractivity contribution in [2.24, 2.45) is 0 Å². The summed E-state index contributed by atoms with van der Waals surface area (Å²) >= 11 is 0. The molecule has 140 valence electrons. The Morgan fingerprint density at radius 1 is 1.04 bits per heavy atom. The average Bonchev–Trinajstić information content (AvgIpc) is 3.28. The third kappa shape index (κ3) is 3.68. The van der Waals surface area contributed by atoms with E-state index < -0.39 is 0 Å². The van der Waals surface area contributed by atoms with Gasteiger partial charge in [-0.25, -0.2) is 0 Å². The molecule has 4 nitrogen and oxygen atoms in total. The summed E-state index contributed by atoms with van der Waals surface area (Å²) in [5.74, 6) is 0. The predicted octanol–water partition coefficient (Wildman–Crippen LogP) is 4.08. The summed E-state index contributed by atoms with van der Waals surface area (Å²) in [5.41, 5.74) is 8.77. The van der Waals surface area contributed by atoms with Gasteiger partial charge in [-0.3, -0.25) is 5.10 Å². The Labute approximate surface area is 161 Å². The van der Waals surface area contributed by atoms with Crippen LogP contribution in [0.25, 0.3) is 22.5 Å². The topological polar surface area (TPSA) is 44.0 Å². The first-order chi connectivity index (χ1) is 13.3. The molecule has 1 aromatic heterocycles. The maximum absolute atomic E-state index is 4.60. The summed E-state index contributed by atoms with van der Waals surface area (Å²) in [6.07, 6.45) is 0.964. The largest absolute Gasteiger partial charge is 0.311 e. The molecule has 0 aliphatic heterocycles. The molecule has 0 spiro atoms. The van der Waals surface area contributed by atoms with E-state index in [1.165, 1.54) is 33.5 Å². The lowest BCUT2D eigenvalue weighted by atomic mass is 10.0. The second kappa shape index (κ2) is 8.07. The Hall–Kier alpha value is -2.43. The summed E-state index contributed by atoms with van der Waals surface area (Å²) in [5, 5.41) is 11.4. The monoisotopic (exact) mass is 360 g/mol. The number of nitrogens with one attached hydrogen (secondary N) is 2. The molecular formula is C23H28N4. The molecule has 2 N–H and O–H groups in total. The highest BCUT2D eigenvalue weighted by atomic mass is 15.1. The van der Waals surface area contributed by atoms with Crippen molar-refractivity contribution in [1.82, 2.24) is 20.4 Å². The van der Waals surface area contributed by atoms with Gasteiger partial charge in [0.1, 0.15) is 0 Å². The third-order valence-electron chi connectivity index (χ3n) is 5.58. The Kier molecular flexibility index (Phi) is 5.37. The van der Waals surface area contributed by atoms with Gasteiger partial charge in [0.15, 0.2) is 0 Å². The number of nitrogens with zero attached hydrogens (tertiary/aromatic N) is 2. The third-order valence-corrected chi connectivity index (χ3v) is 5.58. The van der Waals surface area contributed by atoms with Crippen molar-refractivity contribution in [1.29, 1.82) is 0 Å². The number of H-pyrrole nitrogens is 1. The molecule has 0 saturated carbocycles. The average molecular weight is 361 g/mol. The van der Waals surface area contributed by atoms with Crippen molar-refractivity contribution in [2.45, 2.75) is 26.8 Å². The zero-order valence-electron chi connectivity index (χ0n) is 16.3. The number of likely N-dealkylation sites (N-methyl/N-ethyl adjacent to an activating group) is 1. The fraction of sp³-hybridized carbons (Fsp3) is 0.348. The number of benzene rings is 2. The standard InChI is InChI=1S/C23H28N4/c1-3-27(4-2)14-13-24-16-17-9-11-18(12-10-17)22-21-15-19-7-5-6-8-20(19)23(21)26-25-22/h5-12,24H,3-4,13-16H2,1-2H3,(H,25,26). The van der Waals surface area contributed by atoms with Crippen molar-refractivity contribution in [2.75, 3.05) is 26.2 Å². The minimum Gasteiger partial charge on any atom is -0.311 e. The minimum atomic E-state index is 0.908. The Balaban J connectivity index is 1.40. The van der Waals surface area contributed by atoms with Crippen LogP contribution in [0.1, 0.15) is 30.5 Å². The van der Waals surface area contributed by atoms with Crippen LogP contribution in [-0.4, -0.2) is 41.3 Å². The molecule has 1 aliphatic carbocycles. The van der Waals surface area contributed by atoms with Crippen LogP contribution in [-0.2, 0) is 13.0 Å². The van der Waals surface area contributed by atoms with Crippen LogP contribution in [0.3, 0.4) is 0 Å². The lowest BCUT2D eigenvalue weighted by Gasteiger charge is -2.18. The van der Waals surface area contributed by atoms with E-state index in [1.54, 1.807) is 0 Å². The summed E-state index contributed by atoms with van der Waals surface area (Å²) < 4.78 is 0. The van der Waals surface area contributed by atoms with Gasteiger partial charge in [-0.05, 0) is 24.2 Å². The molecule has 1 heterocycles. The van der Waals surface area contributed by atoms with E-state index in [9.17, 15) is 0 Å². The summed E-state index contributed by atoms with van der Waals surface area (Å²) in [6, 6.07) is 17.4. The van der Waals surface area contributed by atoms with E-state index in [1.807, 2.05) is 0 Å². The van der Waals surface area contributed by atoms with Crippen LogP contribution in [0.5, 0.6) is 0 Å². The van der Waals surface area contributed by atoms with Crippen LogP contribution in [0, 0.1) is 0 Å². The smallest absolute Gasteiger partial charge is 0.0962 e. The normalized spacial score (nSPS) is 12.4.